The van der Waals surface area contributed by atoms with Crippen LogP contribution in [-0.2, 0) is 0 Å². The van der Waals surface area contributed by atoms with E-state index in [1.54, 1.807) is 6.20 Å². The predicted molar refractivity (Wildman–Crippen MR) is 63.7 cm³/mol. The van der Waals surface area contributed by atoms with E-state index in [0.29, 0.717) is 12.0 Å². The average molecular weight is 242 g/mol. The number of halogens is 1. The Balaban J connectivity index is 2.15. The lowest BCUT2D eigenvalue weighted by atomic mass is 10.0. The number of aliphatic hydroxyl groups excluding tert-OH is 1. The molecule has 88 valence electrons. The van der Waals surface area contributed by atoms with E-state index in [0.717, 1.165) is 18.7 Å². The third-order valence-corrected chi connectivity index (χ3v) is 3.51. The minimum atomic E-state index is 0.244. The Hall–Kier alpha value is -0.870. The normalized spacial score (nSPS) is 24.7. The van der Waals surface area contributed by atoms with Crippen molar-refractivity contribution in [3.63, 3.8) is 0 Å². The van der Waals surface area contributed by atoms with Gasteiger partial charge in [0.05, 0.1) is 0 Å². The van der Waals surface area contributed by atoms with Gasteiger partial charge in [-0.25, -0.2) is 9.97 Å². The SMILES string of the molecule is CN(c1ccnc(Cl)n1)C1CCCC1CO. The highest BCUT2D eigenvalue weighted by Gasteiger charge is 2.30. The first-order valence-electron chi connectivity index (χ1n) is 5.54. The zero-order valence-corrected chi connectivity index (χ0v) is 10.1. The molecule has 0 bridgehead atoms. The largest absolute Gasteiger partial charge is 0.396 e. The minimum absolute atomic E-state index is 0.244. The Kier molecular flexibility index (Phi) is 3.61. The van der Waals surface area contributed by atoms with Crippen LogP contribution in [0.15, 0.2) is 12.3 Å². The van der Waals surface area contributed by atoms with E-state index in [2.05, 4.69) is 14.9 Å². The second-order valence-electron chi connectivity index (χ2n) is 4.24. The van der Waals surface area contributed by atoms with Crippen LogP contribution in [0.5, 0.6) is 0 Å². The fourth-order valence-corrected chi connectivity index (χ4v) is 2.58. The maximum absolute atomic E-state index is 9.30. The van der Waals surface area contributed by atoms with Crippen molar-refractivity contribution in [2.75, 3.05) is 18.6 Å². The van der Waals surface area contributed by atoms with Gasteiger partial charge in [0.2, 0.25) is 5.28 Å². The number of aliphatic hydroxyl groups is 1. The molecule has 0 amide bonds. The van der Waals surface area contributed by atoms with Gasteiger partial charge >= 0.3 is 0 Å². The van der Waals surface area contributed by atoms with Crippen LogP contribution in [0, 0.1) is 5.92 Å². The summed E-state index contributed by atoms with van der Waals surface area (Å²) in [6, 6.07) is 2.20. The van der Waals surface area contributed by atoms with Crippen molar-refractivity contribution in [3.05, 3.63) is 17.5 Å². The van der Waals surface area contributed by atoms with Gasteiger partial charge in [-0.2, -0.15) is 0 Å². The fourth-order valence-electron chi connectivity index (χ4n) is 2.43. The topological polar surface area (TPSA) is 49.2 Å². The fraction of sp³-hybridized carbons (Fsp3) is 0.636. The molecule has 1 aliphatic rings. The lowest BCUT2D eigenvalue weighted by Gasteiger charge is -2.29. The lowest BCUT2D eigenvalue weighted by Crippen LogP contribution is -2.36. The van der Waals surface area contributed by atoms with Gasteiger partial charge in [0, 0.05) is 31.8 Å². The zero-order chi connectivity index (χ0) is 11.5. The summed E-state index contributed by atoms with van der Waals surface area (Å²) in [7, 11) is 2.00. The third kappa shape index (κ3) is 2.28. The molecule has 1 aliphatic carbocycles. The molecule has 1 N–H and O–H groups in total. The van der Waals surface area contributed by atoms with Crippen molar-refractivity contribution in [1.29, 1.82) is 0 Å². The van der Waals surface area contributed by atoms with E-state index in [9.17, 15) is 5.11 Å². The number of nitrogens with zero attached hydrogens (tertiary/aromatic N) is 3. The molecule has 2 unspecified atom stereocenters. The average Bonchev–Trinajstić information content (AvgIpc) is 2.76. The highest BCUT2D eigenvalue weighted by Crippen LogP contribution is 2.31. The summed E-state index contributed by atoms with van der Waals surface area (Å²) in [4.78, 5) is 10.1. The first-order chi connectivity index (χ1) is 7.72. The van der Waals surface area contributed by atoms with Gasteiger partial charge in [-0.05, 0) is 30.5 Å². The van der Waals surface area contributed by atoms with E-state index >= 15 is 0 Å². The molecule has 0 aromatic carbocycles. The van der Waals surface area contributed by atoms with Gasteiger partial charge < -0.3 is 10.0 Å². The molecule has 5 heteroatoms. The van der Waals surface area contributed by atoms with Gasteiger partial charge in [-0.3, -0.25) is 0 Å². The standard InChI is InChI=1S/C11H16ClN3O/c1-15(9-4-2-3-8(9)7-16)10-5-6-13-11(12)14-10/h5-6,8-9,16H,2-4,7H2,1H3. The highest BCUT2D eigenvalue weighted by molar-refractivity contribution is 6.28. The number of rotatable bonds is 3. The summed E-state index contributed by atoms with van der Waals surface area (Å²) in [5.74, 6) is 1.17. The van der Waals surface area contributed by atoms with Crippen molar-refractivity contribution in [2.24, 2.45) is 5.92 Å². The molecular formula is C11H16ClN3O. The molecule has 0 aliphatic heterocycles. The van der Waals surface area contributed by atoms with Crippen LogP contribution in [0.1, 0.15) is 19.3 Å². The van der Waals surface area contributed by atoms with Gasteiger partial charge in [-0.15, -0.1) is 0 Å². The number of hydrogen-bond donors (Lipinski definition) is 1. The van der Waals surface area contributed by atoms with Crippen LogP contribution in [0.25, 0.3) is 0 Å². The van der Waals surface area contributed by atoms with Crippen LogP contribution in [0.3, 0.4) is 0 Å². The van der Waals surface area contributed by atoms with Crippen LogP contribution >= 0.6 is 11.6 Å². The van der Waals surface area contributed by atoms with Gasteiger partial charge in [-0.1, -0.05) is 6.42 Å². The maximum atomic E-state index is 9.30. The number of hydrogen-bond acceptors (Lipinski definition) is 4. The quantitative estimate of drug-likeness (QED) is 0.819. The Bertz CT molecular complexity index is 361. The predicted octanol–water partition coefficient (Wildman–Crippen LogP) is 1.73. The van der Waals surface area contributed by atoms with Crippen LogP contribution < -0.4 is 4.90 Å². The first-order valence-corrected chi connectivity index (χ1v) is 5.92. The first kappa shape index (κ1) is 11.6. The van der Waals surface area contributed by atoms with Crippen LogP contribution in [0.4, 0.5) is 5.82 Å². The summed E-state index contributed by atoms with van der Waals surface area (Å²) in [5.41, 5.74) is 0. The smallest absolute Gasteiger partial charge is 0.224 e. The van der Waals surface area contributed by atoms with E-state index in [4.69, 9.17) is 11.6 Å². The lowest BCUT2D eigenvalue weighted by molar-refractivity contribution is 0.216. The Morgan fingerprint density at radius 1 is 1.56 bits per heavy atom. The minimum Gasteiger partial charge on any atom is -0.396 e. The maximum Gasteiger partial charge on any atom is 0.224 e. The Labute approximate surface area is 100 Å². The van der Waals surface area contributed by atoms with Crippen molar-refractivity contribution in [2.45, 2.75) is 25.3 Å². The van der Waals surface area contributed by atoms with Crippen LogP contribution in [0.2, 0.25) is 5.28 Å². The summed E-state index contributed by atoms with van der Waals surface area (Å²) in [5, 5.41) is 9.57. The zero-order valence-electron chi connectivity index (χ0n) is 9.30. The summed E-state index contributed by atoms with van der Waals surface area (Å²) in [6.45, 7) is 0.244. The molecule has 1 heterocycles. The summed E-state index contributed by atoms with van der Waals surface area (Å²) < 4.78 is 0. The van der Waals surface area contributed by atoms with E-state index < -0.39 is 0 Å². The molecular weight excluding hydrogens is 226 g/mol. The van der Waals surface area contributed by atoms with E-state index in [1.807, 2.05) is 13.1 Å². The summed E-state index contributed by atoms with van der Waals surface area (Å²) >= 11 is 5.77. The van der Waals surface area contributed by atoms with Crippen LogP contribution in [-0.4, -0.2) is 34.8 Å². The van der Waals surface area contributed by atoms with E-state index in [1.165, 1.54) is 6.42 Å². The number of aromatic nitrogens is 2. The van der Waals surface area contributed by atoms with Crippen molar-refractivity contribution >= 4 is 17.4 Å². The molecule has 2 atom stereocenters. The number of anilines is 1. The van der Waals surface area contributed by atoms with E-state index in [-0.39, 0.29) is 11.9 Å². The molecule has 0 spiro atoms. The third-order valence-electron chi connectivity index (χ3n) is 3.32. The monoisotopic (exact) mass is 241 g/mol. The van der Waals surface area contributed by atoms with Gasteiger partial charge in [0.1, 0.15) is 5.82 Å². The molecule has 4 nitrogen and oxygen atoms in total. The molecule has 0 radical (unpaired) electrons. The second-order valence-corrected chi connectivity index (χ2v) is 4.57. The molecule has 0 saturated heterocycles. The Morgan fingerprint density at radius 3 is 3.06 bits per heavy atom. The second kappa shape index (κ2) is 4.97. The summed E-state index contributed by atoms with van der Waals surface area (Å²) in [6.07, 6.45) is 5.01. The molecule has 2 rings (SSSR count). The van der Waals surface area contributed by atoms with Crippen molar-refractivity contribution < 1.29 is 5.11 Å². The van der Waals surface area contributed by atoms with Gasteiger partial charge in [0.15, 0.2) is 0 Å². The molecule has 1 aromatic heterocycles. The molecule has 1 aromatic rings. The van der Waals surface area contributed by atoms with Crippen molar-refractivity contribution in [1.82, 2.24) is 9.97 Å². The molecule has 1 saturated carbocycles. The Morgan fingerprint density at radius 2 is 2.38 bits per heavy atom. The molecule has 1 fully saturated rings. The molecule has 16 heavy (non-hydrogen) atoms. The highest BCUT2D eigenvalue weighted by atomic mass is 35.5. The van der Waals surface area contributed by atoms with Gasteiger partial charge in [0.25, 0.3) is 0 Å². The van der Waals surface area contributed by atoms with Crippen molar-refractivity contribution in [3.8, 4) is 0 Å².